The molecule has 0 saturated heterocycles. The van der Waals surface area contributed by atoms with Gasteiger partial charge in [-0.25, -0.2) is 0 Å². The standard InChI is InChI=1S/C9H5F3N2O2/c10-9(11,12)8-14-13-7(16-8)5-2-1-3-6(15)4-5/h1-4,15H. The molecule has 0 fully saturated rings. The summed E-state index contributed by atoms with van der Waals surface area (Å²) in [6, 6.07) is 5.52. The van der Waals surface area contributed by atoms with Crippen molar-refractivity contribution in [1.82, 2.24) is 10.2 Å². The average Bonchev–Trinajstić information content (AvgIpc) is 2.65. The molecule has 0 spiro atoms. The first kappa shape index (κ1) is 10.5. The van der Waals surface area contributed by atoms with Gasteiger partial charge in [0.15, 0.2) is 0 Å². The van der Waals surface area contributed by atoms with Gasteiger partial charge in [0.25, 0.3) is 0 Å². The Morgan fingerprint density at radius 1 is 1.19 bits per heavy atom. The van der Waals surface area contributed by atoms with Gasteiger partial charge in [-0.3, -0.25) is 0 Å². The molecular weight excluding hydrogens is 225 g/mol. The van der Waals surface area contributed by atoms with Crippen molar-refractivity contribution in [2.45, 2.75) is 6.18 Å². The van der Waals surface area contributed by atoms with E-state index in [0.717, 1.165) is 0 Å². The zero-order chi connectivity index (χ0) is 11.8. The van der Waals surface area contributed by atoms with Crippen molar-refractivity contribution in [2.75, 3.05) is 0 Å². The SMILES string of the molecule is Oc1cccc(-c2nnc(C(F)(F)F)o2)c1. The van der Waals surface area contributed by atoms with Crippen LogP contribution in [-0.2, 0) is 6.18 Å². The Morgan fingerprint density at radius 3 is 2.50 bits per heavy atom. The zero-order valence-electron chi connectivity index (χ0n) is 7.69. The molecular formula is C9H5F3N2O2. The maximum absolute atomic E-state index is 12.2. The van der Waals surface area contributed by atoms with E-state index in [-0.39, 0.29) is 17.2 Å². The van der Waals surface area contributed by atoms with Gasteiger partial charge in [0, 0.05) is 5.56 Å². The highest BCUT2D eigenvalue weighted by Crippen LogP contribution is 2.30. The van der Waals surface area contributed by atoms with Crippen molar-refractivity contribution < 1.29 is 22.7 Å². The lowest BCUT2D eigenvalue weighted by molar-refractivity contribution is -0.156. The number of nitrogens with zero attached hydrogens (tertiary/aromatic N) is 2. The molecule has 16 heavy (non-hydrogen) atoms. The van der Waals surface area contributed by atoms with E-state index in [0.29, 0.717) is 0 Å². The Bertz CT molecular complexity index is 507. The molecule has 0 aliphatic heterocycles. The van der Waals surface area contributed by atoms with Gasteiger partial charge < -0.3 is 9.52 Å². The third kappa shape index (κ3) is 1.97. The molecule has 0 amide bonds. The fraction of sp³-hybridized carbons (Fsp3) is 0.111. The smallest absolute Gasteiger partial charge is 0.470 e. The number of phenols is 1. The summed E-state index contributed by atoms with van der Waals surface area (Å²) in [6.07, 6.45) is -4.66. The predicted octanol–water partition coefficient (Wildman–Crippen LogP) is 2.46. The van der Waals surface area contributed by atoms with E-state index in [2.05, 4.69) is 14.6 Å². The predicted molar refractivity (Wildman–Crippen MR) is 46.4 cm³/mol. The van der Waals surface area contributed by atoms with Crippen molar-refractivity contribution in [2.24, 2.45) is 0 Å². The lowest BCUT2D eigenvalue weighted by atomic mass is 10.2. The van der Waals surface area contributed by atoms with E-state index in [1.165, 1.54) is 24.3 Å². The number of hydrogen-bond acceptors (Lipinski definition) is 4. The van der Waals surface area contributed by atoms with Gasteiger partial charge >= 0.3 is 12.1 Å². The summed E-state index contributed by atoms with van der Waals surface area (Å²) in [7, 11) is 0. The summed E-state index contributed by atoms with van der Waals surface area (Å²) in [5.74, 6) is -1.79. The van der Waals surface area contributed by atoms with Crippen LogP contribution in [0.25, 0.3) is 11.5 Å². The van der Waals surface area contributed by atoms with Crippen molar-refractivity contribution in [3.05, 3.63) is 30.2 Å². The van der Waals surface area contributed by atoms with Crippen LogP contribution in [0.1, 0.15) is 5.89 Å². The highest BCUT2D eigenvalue weighted by molar-refractivity contribution is 5.55. The first-order valence-corrected chi connectivity index (χ1v) is 4.17. The Morgan fingerprint density at radius 2 is 1.94 bits per heavy atom. The van der Waals surface area contributed by atoms with Crippen LogP contribution in [0.4, 0.5) is 13.2 Å². The molecule has 7 heteroatoms. The summed E-state index contributed by atoms with van der Waals surface area (Å²) >= 11 is 0. The molecule has 1 aromatic heterocycles. The number of rotatable bonds is 1. The number of phenolic OH excluding ortho intramolecular Hbond substituents is 1. The fourth-order valence-electron chi connectivity index (χ4n) is 1.09. The maximum atomic E-state index is 12.2. The highest BCUT2D eigenvalue weighted by Gasteiger charge is 2.38. The molecule has 0 atom stereocenters. The van der Waals surface area contributed by atoms with Crippen LogP contribution in [0.5, 0.6) is 5.75 Å². The zero-order valence-corrected chi connectivity index (χ0v) is 7.69. The molecule has 0 aliphatic carbocycles. The Balaban J connectivity index is 2.39. The number of hydrogen-bond donors (Lipinski definition) is 1. The molecule has 0 bridgehead atoms. The Hall–Kier alpha value is -2.05. The Labute approximate surface area is 87.3 Å². The number of aromatic hydroxyl groups is 1. The third-order valence-corrected chi connectivity index (χ3v) is 1.76. The van der Waals surface area contributed by atoms with E-state index in [9.17, 15) is 13.2 Å². The molecule has 0 aliphatic rings. The van der Waals surface area contributed by atoms with Crippen LogP contribution in [0.2, 0.25) is 0 Å². The molecule has 2 aromatic rings. The molecule has 1 N–H and O–H groups in total. The number of aromatic nitrogens is 2. The molecule has 2 rings (SSSR count). The third-order valence-electron chi connectivity index (χ3n) is 1.76. The lowest BCUT2D eigenvalue weighted by Gasteiger charge is -1.98. The van der Waals surface area contributed by atoms with E-state index in [1.54, 1.807) is 0 Å². The molecule has 0 saturated carbocycles. The minimum Gasteiger partial charge on any atom is -0.508 e. The molecule has 4 nitrogen and oxygen atoms in total. The molecule has 1 heterocycles. The van der Waals surface area contributed by atoms with Crippen LogP contribution >= 0.6 is 0 Å². The summed E-state index contributed by atoms with van der Waals surface area (Å²) in [5, 5.41) is 15.2. The number of alkyl halides is 3. The molecule has 1 aromatic carbocycles. The van der Waals surface area contributed by atoms with Crippen LogP contribution in [0.15, 0.2) is 28.7 Å². The van der Waals surface area contributed by atoms with Gasteiger partial charge in [0.05, 0.1) is 0 Å². The van der Waals surface area contributed by atoms with Crippen LogP contribution in [-0.4, -0.2) is 15.3 Å². The minimum atomic E-state index is -4.66. The second kappa shape index (κ2) is 3.51. The maximum Gasteiger partial charge on any atom is 0.470 e. The van der Waals surface area contributed by atoms with Gasteiger partial charge in [0.2, 0.25) is 5.89 Å². The lowest BCUT2D eigenvalue weighted by Crippen LogP contribution is -2.04. The number of benzene rings is 1. The van der Waals surface area contributed by atoms with Gasteiger partial charge in [-0.1, -0.05) is 6.07 Å². The van der Waals surface area contributed by atoms with Crippen LogP contribution < -0.4 is 0 Å². The summed E-state index contributed by atoms with van der Waals surface area (Å²) in [6.45, 7) is 0. The molecule has 0 unspecified atom stereocenters. The summed E-state index contributed by atoms with van der Waals surface area (Å²) < 4.78 is 40.9. The second-order valence-corrected chi connectivity index (χ2v) is 2.96. The van der Waals surface area contributed by atoms with Gasteiger partial charge in [-0.15, -0.1) is 10.2 Å². The van der Waals surface area contributed by atoms with Gasteiger partial charge in [-0.2, -0.15) is 13.2 Å². The average molecular weight is 230 g/mol. The van der Waals surface area contributed by atoms with E-state index >= 15 is 0 Å². The largest absolute Gasteiger partial charge is 0.508 e. The normalized spacial score (nSPS) is 11.7. The van der Waals surface area contributed by atoms with Crippen molar-refractivity contribution in [1.29, 1.82) is 0 Å². The minimum absolute atomic E-state index is 0.0933. The highest BCUT2D eigenvalue weighted by atomic mass is 19.4. The van der Waals surface area contributed by atoms with E-state index < -0.39 is 12.1 Å². The Kier molecular flexibility index (Phi) is 2.30. The van der Waals surface area contributed by atoms with E-state index in [1.807, 2.05) is 0 Å². The topological polar surface area (TPSA) is 59.2 Å². The van der Waals surface area contributed by atoms with Gasteiger partial charge in [-0.05, 0) is 18.2 Å². The second-order valence-electron chi connectivity index (χ2n) is 2.96. The van der Waals surface area contributed by atoms with Gasteiger partial charge in [0.1, 0.15) is 5.75 Å². The van der Waals surface area contributed by atoms with Crippen molar-refractivity contribution in [3.8, 4) is 17.2 Å². The monoisotopic (exact) mass is 230 g/mol. The first-order chi connectivity index (χ1) is 7.47. The van der Waals surface area contributed by atoms with Crippen molar-refractivity contribution >= 4 is 0 Å². The van der Waals surface area contributed by atoms with Crippen LogP contribution in [0.3, 0.4) is 0 Å². The van der Waals surface area contributed by atoms with Crippen molar-refractivity contribution in [3.63, 3.8) is 0 Å². The number of halogens is 3. The molecule has 0 radical (unpaired) electrons. The van der Waals surface area contributed by atoms with Crippen LogP contribution in [0, 0.1) is 0 Å². The summed E-state index contributed by atoms with van der Waals surface area (Å²) in [4.78, 5) is 0. The fourth-order valence-corrected chi connectivity index (χ4v) is 1.09. The van der Waals surface area contributed by atoms with E-state index in [4.69, 9.17) is 5.11 Å². The summed E-state index contributed by atoms with van der Waals surface area (Å²) in [5.41, 5.74) is 0.225. The first-order valence-electron chi connectivity index (χ1n) is 4.17. The quantitative estimate of drug-likeness (QED) is 0.817. The molecule has 84 valence electrons.